The summed E-state index contributed by atoms with van der Waals surface area (Å²) in [4.78, 5) is 13.7. The van der Waals surface area contributed by atoms with Gasteiger partial charge >= 0.3 is 0 Å². The van der Waals surface area contributed by atoms with E-state index in [-0.39, 0.29) is 18.1 Å². The molecule has 1 N–H and O–H groups in total. The molecule has 0 aliphatic carbocycles. The van der Waals surface area contributed by atoms with Gasteiger partial charge in [-0.25, -0.2) is 9.82 Å². The van der Waals surface area contributed by atoms with Crippen LogP contribution in [0.15, 0.2) is 53.6 Å². The minimum atomic E-state index is -0.316. The smallest absolute Gasteiger partial charge is 0.244 e. The first-order valence-corrected chi connectivity index (χ1v) is 6.88. The summed E-state index contributed by atoms with van der Waals surface area (Å²) in [6, 6.07) is 13.6. The van der Waals surface area contributed by atoms with E-state index in [0.717, 1.165) is 16.8 Å². The first-order valence-electron chi connectivity index (χ1n) is 6.88. The van der Waals surface area contributed by atoms with Gasteiger partial charge in [-0.3, -0.25) is 4.79 Å². The Labute approximate surface area is 129 Å². The van der Waals surface area contributed by atoms with Crippen molar-refractivity contribution in [3.05, 3.63) is 65.5 Å². The van der Waals surface area contributed by atoms with Crippen LogP contribution in [0.1, 0.15) is 11.1 Å². The Morgan fingerprint density at radius 3 is 2.36 bits per heavy atom. The monoisotopic (exact) mass is 299 g/mol. The highest BCUT2D eigenvalue weighted by molar-refractivity contribution is 5.83. The molecule has 2 aromatic rings. The molecule has 0 saturated heterocycles. The summed E-state index contributed by atoms with van der Waals surface area (Å²) in [7, 11) is 3.94. The van der Waals surface area contributed by atoms with Crippen molar-refractivity contribution in [2.45, 2.75) is 6.42 Å². The first kappa shape index (κ1) is 15.7. The average Bonchev–Trinajstić information content (AvgIpc) is 2.50. The molecule has 0 fully saturated rings. The second kappa shape index (κ2) is 7.36. The largest absolute Gasteiger partial charge is 0.378 e. The summed E-state index contributed by atoms with van der Waals surface area (Å²) in [6.45, 7) is 0. The lowest BCUT2D eigenvalue weighted by atomic mass is 10.1. The maximum atomic E-state index is 12.8. The predicted molar refractivity (Wildman–Crippen MR) is 86.6 cm³/mol. The number of hydrazone groups is 1. The zero-order valence-corrected chi connectivity index (χ0v) is 12.6. The maximum Gasteiger partial charge on any atom is 0.244 e. The lowest BCUT2D eigenvalue weighted by Gasteiger charge is -2.11. The van der Waals surface area contributed by atoms with Crippen molar-refractivity contribution in [2.75, 3.05) is 19.0 Å². The molecule has 0 spiro atoms. The molecule has 0 aromatic heterocycles. The number of anilines is 1. The molecule has 4 nitrogen and oxygen atoms in total. The molecule has 0 saturated carbocycles. The van der Waals surface area contributed by atoms with Crippen molar-refractivity contribution in [1.29, 1.82) is 0 Å². The van der Waals surface area contributed by atoms with Crippen LogP contribution in [0, 0.1) is 5.82 Å². The molecule has 1 amide bonds. The molecule has 0 unspecified atom stereocenters. The molecule has 0 heterocycles. The summed E-state index contributed by atoms with van der Waals surface area (Å²) in [5, 5.41) is 3.92. The van der Waals surface area contributed by atoms with Gasteiger partial charge < -0.3 is 4.90 Å². The van der Waals surface area contributed by atoms with Gasteiger partial charge in [-0.2, -0.15) is 5.10 Å². The Balaban J connectivity index is 1.86. The van der Waals surface area contributed by atoms with Crippen molar-refractivity contribution in [2.24, 2.45) is 5.10 Å². The van der Waals surface area contributed by atoms with Crippen molar-refractivity contribution in [3.63, 3.8) is 0 Å². The molecule has 0 bridgehead atoms. The van der Waals surface area contributed by atoms with Gasteiger partial charge in [0.15, 0.2) is 0 Å². The van der Waals surface area contributed by atoms with Crippen molar-refractivity contribution in [3.8, 4) is 0 Å². The van der Waals surface area contributed by atoms with E-state index in [2.05, 4.69) is 10.5 Å². The van der Waals surface area contributed by atoms with Crippen LogP contribution in [0.2, 0.25) is 0 Å². The van der Waals surface area contributed by atoms with E-state index in [0.29, 0.717) is 0 Å². The summed E-state index contributed by atoms with van der Waals surface area (Å²) in [5.74, 6) is -0.559. The number of rotatable bonds is 5. The molecule has 5 heteroatoms. The van der Waals surface area contributed by atoms with E-state index < -0.39 is 0 Å². The van der Waals surface area contributed by atoms with Gasteiger partial charge in [-0.05, 0) is 35.4 Å². The van der Waals surface area contributed by atoms with Crippen molar-refractivity contribution in [1.82, 2.24) is 5.43 Å². The van der Waals surface area contributed by atoms with Gasteiger partial charge in [0, 0.05) is 19.8 Å². The van der Waals surface area contributed by atoms with Crippen LogP contribution in [-0.2, 0) is 11.2 Å². The number of carbonyl (C=O) groups is 1. The molecule has 0 atom stereocenters. The third-order valence-corrected chi connectivity index (χ3v) is 3.09. The van der Waals surface area contributed by atoms with Gasteiger partial charge in [0.1, 0.15) is 5.82 Å². The lowest BCUT2D eigenvalue weighted by molar-refractivity contribution is -0.120. The van der Waals surface area contributed by atoms with Gasteiger partial charge in [0.05, 0.1) is 12.6 Å². The highest BCUT2D eigenvalue weighted by atomic mass is 19.1. The summed E-state index contributed by atoms with van der Waals surface area (Å²) in [5.41, 5.74) is 5.19. The number of hydrogen-bond donors (Lipinski definition) is 1. The van der Waals surface area contributed by atoms with E-state index in [1.807, 2.05) is 43.3 Å². The van der Waals surface area contributed by atoms with Crippen LogP contribution in [0.5, 0.6) is 0 Å². The molecule has 2 rings (SSSR count). The average molecular weight is 299 g/mol. The summed E-state index contributed by atoms with van der Waals surface area (Å²) < 4.78 is 12.8. The third kappa shape index (κ3) is 4.70. The topological polar surface area (TPSA) is 44.7 Å². The summed E-state index contributed by atoms with van der Waals surface area (Å²) in [6.07, 6.45) is 1.75. The van der Waals surface area contributed by atoms with Crippen LogP contribution in [-0.4, -0.2) is 26.2 Å². The molecule has 0 aliphatic heterocycles. The van der Waals surface area contributed by atoms with Crippen LogP contribution in [0.25, 0.3) is 0 Å². The number of amides is 1. The van der Waals surface area contributed by atoms with Gasteiger partial charge in [0.2, 0.25) is 5.91 Å². The van der Waals surface area contributed by atoms with Gasteiger partial charge in [0.25, 0.3) is 0 Å². The number of nitrogens with zero attached hydrogens (tertiary/aromatic N) is 2. The van der Waals surface area contributed by atoms with Crippen molar-refractivity contribution >= 4 is 17.8 Å². The highest BCUT2D eigenvalue weighted by Crippen LogP contribution is 2.10. The molecule has 0 radical (unpaired) electrons. The number of carbonyl (C=O) groups excluding carboxylic acids is 1. The van der Waals surface area contributed by atoms with E-state index >= 15 is 0 Å². The molecule has 114 valence electrons. The molecule has 0 aliphatic rings. The first-order chi connectivity index (χ1) is 10.5. The van der Waals surface area contributed by atoms with Gasteiger partial charge in [-0.1, -0.05) is 24.3 Å². The third-order valence-electron chi connectivity index (χ3n) is 3.09. The zero-order valence-electron chi connectivity index (χ0n) is 12.6. The Kier molecular flexibility index (Phi) is 5.25. The molecular weight excluding hydrogens is 281 g/mol. The van der Waals surface area contributed by atoms with Gasteiger partial charge in [-0.15, -0.1) is 0 Å². The van der Waals surface area contributed by atoms with Crippen LogP contribution >= 0.6 is 0 Å². The SMILES string of the molecule is CN(C)c1ccc(/C=N\NC(=O)Cc2ccc(F)cc2)cc1. The second-order valence-corrected chi connectivity index (χ2v) is 5.08. The summed E-state index contributed by atoms with van der Waals surface area (Å²) >= 11 is 0. The fourth-order valence-corrected chi connectivity index (χ4v) is 1.86. The molecular formula is C17H18FN3O. The van der Waals surface area contributed by atoms with Crippen LogP contribution in [0.3, 0.4) is 0 Å². The number of benzene rings is 2. The highest BCUT2D eigenvalue weighted by Gasteiger charge is 2.02. The Hall–Kier alpha value is -2.69. The van der Waals surface area contributed by atoms with Crippen LogP contribution in [0.4, 0.5) is 10.1 Å². The maximum absolute atomic E-state index is 12.8. The Bertz CT molecular complexity index is 649. The quantitative estimate of drug-likeness (QED) is 0.681. The minimum absolute atomic E-state index is 0.164. The lowest BCUT2D eigenvalue weighted by Crippen LogP contribution is -2.19. The van der Waals surface area contributed by atoms with E-state index in [9.17, 15) is 9.18 Å². The fraction of sp³-hybridized carbons (Fsp3) is 0.176. The predicted octanol–water partition coefficient (Wildman–Crippen LogP) is 2.58. The van der Waals surface area contributed by atoms with Crippen LogP contribution < -0.4 is 10.3 Å². The second-order valence-electron chi connectivity index (χ2n) is 5.08. The Morgan fingerprint density at radius 1 is 1.14 bits per heavy atom. The van der Waals surface area contributed by atoms with E-state index in [1.165, 1.54) is 12.1 Å². The number of hydrogen-bond acceptors (Lipinski definition) is 3. The number of halogens is 1. The molecule has 2 aromatic carbocycles. The standard InChI is InChI=1S/C17H18FN3O/c1-21(2)16-9-5-14(6-10-16)12-19-20-17(22)11-13-3-7-15(18)8-4-13/h3-10,12H,11H2,1-2H3,(H,20,22)/b19-12-. The normalized spacial score (nSPS) is 10.7. The molecule has 22 heavy (non-hydrogen) atoms. The minimum Gasteiger partial charge on any atom is -0.378 e. The Morgan fingerprint density at radius 2 is 1.77 bits per heavy atom. The van der Waals surface area contributed by atoms with E-state index in [4.69, 9.17) is 0 Å². The number of nitrogens with one attached hydrogen (secondary N) is 1. The van der Waals surface area contributed by atoms with E-state index in [1.54, 1.807) is 18.3 Å². The zero-order chi connectivity index (χ0) is 15.9. The fourth-order valence-electron chi connectivity index (χ4n) is 1.86. The van der Waals surface area contributed by atoms with Crippen molar-refractivity contribution < 1.29 is 9.18 Å².